The zero-order valence-corrected chi connectivity index (χ0v) is 7.74. The monoisotopic (exact) mass is 255 g/mol. The van der Waals surface area contributed by atoms with Crippen LogP contribution in [0.1, 0.15) is 12.8 Å². The Kier molecular flexibility index (Phi) is 2.11. The third kappa shape index (κ3) is 1.90. The van der Waals surface area contributed by atoms with Crippen LogP contribution in [0, 0.1) is 16.7 Å². The van der Waals surface area contributed by atoms with Gasteiger partial charge in [0, 0.05) is 21.2 Å². The van der Waals surface area contributed by atoms with Gasteiger partial charge in [0.05, 0.1) is 25.2 Å². The van der Waals surface area contributed by atoms with E-state index in [1.807, 2.05) is 21.2 Å². The summed E-state index contributed by atoms with van der Waals surface area (Å²) < 4.78 is 10.6. The van der Waals surface area contributed by atoms with Gasteiger partial charge in [-0.15, -0.1) is 0 Å². The second-order valence-corrected chi connectivity index (χ2v) is 6.14. The molecule has 0 radical (unpaired) electrons. The molecule has 1 saturated carbocycles. The molecule has 1 unspecified atom stereocenters. The molecule has 0 aromatic carbocycles. The van der Waals surface area contributed by atoms with Crippen LogP contribution in [0.2, 0.25) is 0 Å². The molecule has 2 nitrogen and oxygen atoms in total. The summed E-state index contributed by atoms with van der Waals surface area (Å²) in [5.74, 6) is 0.560. The first-order chi connectivity index (χ1) is 4.18. The second kappa shape index (κ2) is 2.54. The van der Waals surface area contributed by atoms with E-state index in [9.17, 15) is 4.21 Å². The van der Waals surface area contributed by atoms with Crippen molar-refractivity contribution in [3.8, 4) is 6.07 Å². The summed E-state index contributed by atoms with van der Waals surface area (Å²) in [7, 11) is -0.825. The van der Waals surface area contributed by atoms with Crippen molar-refractivity contribution in [1.29, 1.82) is 5.26 Å². The summed E-state index contributed by atoms with van der Waals surface area (Å²) in [6.45, 7) is 0. The standard InChI is InChI=1S/C5H6INOS/c6-9(8)4-5(3-7)1-2-5/h1-2,4H2. The first-order valence-electron chi connectivity index (χ1n) is 2.64. The highest BCUT2D eigenvalue weighted by atomic mass is 127. The number of halogens is 1. The highest BCUT2D eigenvalue weighted by molar-refractivity contribution is 14.2. The number of nitriles is 1. The Morgan fingerprint density at radius 1 is 1.78 bits per heavy atom. The second-order valence-electron chi connectivity index (χ2n) is 2.33. The van der Waals surface area contributed by atoms with Crippen LogP contribution in [0.3, 0.4) is 0 Å². The molecule has 9 heavy (non-hydrogen) atoms. The summed E-state index contributed by atoms with van der Waals surface area (Å²) in [6.07, 6.45) is 1.89. The lowest BCUT2D eigenvalue weighted by Crippen LogP contribution is -2.04. The van der Waals surface area contributed by atoms with Crippen molar-refractivity contribution >= 4 is 29.2 Å². The van der Waals surface area contributed by atoms with Gasteiger partial charge in [-0.3, -0.25) is 0 Å². The molecule has 1 aliphatic carbocycles. The van der Waals surface area contributed by atoms with Crippen LogP contribution in [0.25, 0.3) is 0 Å². The molecule has 4 heteroatoms. The Morgan fingerprint density at radius 3 is 2.44 bits per heavy atom. The number of hydrogen-bond donors (Lipinski definition) is 0. The largest absolute Gasteiger partial charge is 0.249 e. The maximum Gasteiger partial charge on any atom is 0.0852 e. The minimum absolute atomic E-state index is 0.188. The fraction of sp³-hybridized carbons (Fsp3) is 0.800. The summed E-state index contributed by atoms with van der Waals surface area (Å²) in [5.41, 5.74) is -0.188. The van der Waals surface area contributed by atoms with Crippen molar-refractivity contribution in [3.05, 3.63) is 0 Å². The van der Waals surface area contributed by atoms with Crippen LogP contribution in [0.15, 0.2) is 0 Å². The van der Waals surface area contributed by atoms with E-state index in [0.29, 0.717) is 5.75 Å². The predicted octanol–water partition coefficient (Wildman–Crippen LogP) is 1.39. The molecule has 1 rings (SSSR count). The van der Waals surface area contributed by atoms with Crippen LogP contribution in [-0.2, 0) is 7.97 Å². The SMILES string of the molecule is N#CC1(CS(=O)I)CC1. The number of hydrogen-bond acceptors (Lipinski definition) is 2. The minimum atomic E-state index is -0.825. The van der Waals surface area contributed by atoms with Crippen LogP contribution >= 0.6 is 21.2 Å². The van der Waals surface area contributed by atoms with E-state index in [4.69, 9.17) is 5.26 Å². The van der Waals surface area contributed by atoms with Gasteiger partial charge in [-0.25, -0.2) is 4.21 Å². The molecule has 0 spiro atoms. The lowest BCUT2D eigenvalue weighted by Gasteiger charge is -1.97. The van der Waals surface area contributed by atoms with Gasteiger partial charge in [-0.05, 0) is 12.8 Å². The van der Waals surface area contributed by atoms with E-state index >= 15 is 0 Å². The van der Waals surface area contributed by atoms with Gasteiger partial charge < -0.3 is 0 Å². The van der Waals surface area contributed by atoms with E-state index in [2.05, 4.69) is 6.07 Å². The van der Waals surface area contributed by atoms with Crippen molar-refractivity contribution in [2.75, 3.05) is 5.75 Å². The van der Waals surface area contributed by atoms with E-state index in [0.717, 1.165) is 12.8 Å². The Morgan fingerprint density at radius 2 is 2.33 bits per heavy atom. The average Bonchev–Trinajstić information content (AvgIpc) is 2.48. The van der Waals surface area contributed by atoms with Crippen LogP contribution in [0.4, 0.5) is 0 Å². The molecular weight excluding hydrogens is 249 g/mol. The highest BCUT2D eigenvalue weighted by Crippen LogP contribution is 2.45. The Bertz CT molecular complexity index is 182. The summed E-state index contributed by atoms with van der Waals surface area (Å²) in [4.78, 5) is 0. The van der Waals surface area contributed by atoms with Crippen LogP contribution < -0.4 is 0 Å². The van der Waals surface area contributed by atoms with Gasteiger partial charge in [0.15, 0.2) is 0 Å². The Hall–Kier alpha value is 0.370. The van der Waals surface area contributed by atoms with Crippen molar-refractivity contribution < 1.29 is 4.21 Å². The van der Waals surface area contributed by atoms with Gasteiger partial charge in [0.2, 0.25) is 0 Å². The fourth-order valence-electron chi connectivity index (χ4n) is 0.657. The lowest BCUT2D eigenvalue weighted by atomic mass is 10.2. The predicted molar refractivity (Wildman–Crippen MR) is 44.3 cm³/mol. The molecule has 0 bridgehead atoms. The molecule has 0 aliphatic heterocycles. The summed E-state index contributed by atoms with van der Waals surface area (Å²) in [6, 6.07) is 2.19. The molecule has 0 heterocycles. The van der Waals surface area contributed by atoms with Crippen LogP contribution in [0.5, 0.6) is 0 Å². The fourth-order valence-corrected chi connectivity index (χ4v) is 3.23. The first kappa shape index (κ1) is 7.48. The third-order valence-electron chi connectivity index (χ3n) is 1.48. The van der Waals surface area contributed by atoms with E-state index < -0.39 is 7.97 Å². The lowest BCUT2D eigenvalue weighted by molar-refractivity contribution is 0.679. The molecule has 0 N–H and O–H groups in total. The molecule has 1 atom stereocenters. The first-order valence-corrected chi connectivity index (χ1v) is 6.51. The number of nitrogens with zero attached hydrogens (tertiary/aromatic N) is 1. The molecule has 1 fully saturated rings. The molecule has 0 saturated heterocycles. The van der Waals surface area contributed by atoms with E-state index in [1.54, 1.807) is 0 Å². The highest BCUT2D eigenvalue weighted by Gasteiger charge is 2.44. The Balaban J connectivity index is 2.45. The third-order valence-corrected chi connectivity index (χ3v) is 3.19. The van der Waals surface area contributed by atoms with Crippen LogP contribution in [-0.4, -0.2) is 9.96 Å². The summed E-state index contributed by atoms with van der Waals surface area (Å²) in [5, 5.41) is 8.52. The molecule has 0 aromatic heterocycles. The van der Waals surface area contributed by atoms with Gasteiger partial charge in [-0.1, -0.05) is 0 Å². The summed E-state index contributed by atoms with van der Waals surface area (Å²) >= 11 is 1.85. The zero-order chi connectivity index (χ0) is 6.91. The van der Waals surface area contributed by atoms with Crippen molar-refractivity contribution in [3.63, 3.8) is 0 Å². The average molecular weight is 255 g/mol. The number of rotatable bonds is 2. The van der Waals surface area contributed by atoms with Crippen molar-refractivity contribution in [2.24, 2.45) is 5.41 Å². The van der Waals surface area contributed by atoms with Gasteiger partial charge in [0.1, 0.15) is 0 Å². The normalized spacial score (nSPS) is 24.4. The maximum atomic E-state index is 10.6. The topological polar surface area (TPSA) is 40.9 Å². The molecule has 1 aliphatic rings. The van der Waals surface area contributed by atoms with E-state index in [1.165, 1.54) is 0 Å². The van der Waals surface area contributed by atoms with Crippen molar-refractivity contribution in [2.45, 2.75) is 12.8 Å². The maximum absolute atomic E-state index is 10.6. The quantitative estimate of drug-likeness (QED) is 0.552. The van der Waals surface area contributed by atoms with Crippen molar-refractivity contribution in [1.82, 2.24) is 0 Å². The smallest absolute Gasteiger partial charge is 0.0852 e. The van der Waals surface area contributed by atoms with Gasteiger partial charge in [0.25, 0.3) is 0 Å². The van der Waals surface area contributed by atoms with Gasteiger partial charge in [-0.2, -0.15) is 5.26 Å². The zero-order valence-electron chi connectivity index (χ0n) is 4.76. The van der Waals surface area contributed by atoms with Gasteiger partial charge >= 0.3 is 0 Å². The van der Waals surface area contributed by atoms with E-state index in [-0.39, 0.29) is 5.41 Å². The molecule has 50 valence electrons. The molecular formula is C5H6INOS. The minimum Gasteiger partial charge on any atom is -0.249 e. The molecule has 0 aromatic rings. The molecule has 0 amide bonds. The Labute approximate surface area is 68.7 Å².